The highest BCUT2D eigenvalue weighted by molar-refractivity contribution is 7.15. The fraction of sp³-hybridized carbons (Fsp3) is 0.474. The molecular weight excluding hydrogens is 384 g/mol. The van der Waals surface area contributed by atoms with Crippen LogP contribution in [0.3, 0.4) is 0 Å². The third-order valence-corrected chi connectivity index (χ3v) is 5.76. The molecule has 1 aromatic carbocycles. The lowest BCUT2D eigenvalue weighted by Gasteiger charge is -2.32. The van der Waals surface area contributed by atoms with E-state index in [2.05, 4.69) is 22.4 Å². The number of carbonyl (C=O) groups is 2. The molecule has 1 N–H and O–H groups in total. The first kappa shape index (κ1) is 19.8. The summed E-state index contributed by atoms with van der Waals surface area (Å²) in [6.07, 6.45) is 4.61. The Morgan fingerprint density at radius 3 is 2.81 bits per heavy atom. The number of nitrogens with zero attached hydrogens (tertiary/aromatic N) is 3. The number of aryl methyl sites for hydroxylation is 1. The Hall–Kier alpha value is -1.99. The molecule has 1 fully saturated rings. The molecule has 8 heteroatoms. The van der Waals surface area contributed by atoms with Crippen LogP contribution in [0, 0.1) is 5.92 Å². The summed E-state index contributed by atoms with van der Waals surface area (Å²) in [5.41, 5.74) is 0.588. The number of piperidine rings is 1. The van der Waals surface area contributed by atoms with Crippen LogP contribution in [-0.2, 0) is 11.2 Å². The summed E-state index contributed by atoms with van der Waals surface area (Å²) < 4.78 is 0. The third-order valence-electron chi connectivity index (χ3n) is 4.61. The number of aromatic nitrogens is 2. The van der Waals surface area contributed by atoms with Crippen LogP contribution >= 0.6 is 22.9 Å². The van der Waals surface area contributed by atoms with Crippen LogP contribution in [0.15, 0.2) is 24.3 Å². The van der Waals surface area contributed by atoms with Gasteiger partial charge in [0, 0.05) is 30.1 Å². The molecule has 1 aliphatic heterocycles. The number of likely N-dealkylation sites (tertiary alicyclic amines) is 1. The third kappa shape index (κ3) is 5.26. The van der Waals surface area contributed by atoms with Crippen molar-refractivity contribution in [3.05, 3.63) is 39.9 Å². The van der Waals surface area contributed by atoms with Gasteiger partial charge in [-0.05, 0) is 43.5 Å². The van der Waals surface area contributed by atoms with Gasteiger partial charge in [-0.1, -0.05) is 36.3 Å². The smallest absolute Gasteiger partial charge is 0.253 e. The first-order chi connectivity index (χ1) is 13.1. The highest BCUT2D eigenvalue weighted by atomic mass is 35.5. The van der Waals surface area contributed by atoms with Crippen molar-refractivity contribution >= 4 is 39.9 Å². The molecule has 3 rings (SSSR count). The molecule has 6 nitrogen and oxygen atoms in total. The predicted octanol–water partition coefficient (Wildman–Crippen LogP) is 4.03. The maximum atomic E-state index is 12.7. The van der Waals surface area contributed by atoms with Gasteiger partial charge in [-0.2, -0.15) is 0 Å². The number of amides is 2. The van der Waals surface area contributed by atoms with Gasteiger partial charge in [0.1, 0.15) is 5.01 Å². The normalized spacial score (nSPS) is 17.0. The molecule has 1 aromatic heterocycles. The first-order valence-corrected chi connectivity index (χ1v) is 10.4. The second-order valence-electron chi connectivity index (χ2n) is 6.69. The maximum Gasteiger partial charge on any atom is 0.253 e. The minimum atomic E-state index is -0.238. The SMILES string of the molecule is CCCCc1nnc(NC(=O)C2CCCN(C(=O)c3ccc(Cl)cc3)C2)s1. The van der Waals surface area contributed by atoms with E-state index >= 15 is 0 Å². The average molecular weight is 407 g/mol. The van der Waals surface area contributed by atoms with Gasteiger partial charge >= 0.3 is 0 Å². The Balaban J connectivity index is 1.58. The van der Waals surface area contributed by atoms with E-state index in [0.29, 0.717) is 28.8 Å². The van der Waals surface area contributed by atoms with Crippen molar-refractivity contribution in [2.45, 2.75) is 39.0 Å². The molecule has 2 amide bonds. The van der Waals surface area contributed by atoms with Crippen molar-refractivity contribution in [3.63, 3.8) is 0 Å². The largest absolute Gasteiger partial charge is 0.338 e. The van der Waals surface area contributed by atoms with Crippen molar-refractivity contribution in [1.29, 1.82) is 0 Å². The van der Waals surface area contributed by atoms with Crippen LogP contribution in [-0.4, -0.2) is 40.0 Å². The van der Waals surface area contributed by atoms with Gasteiger partial charge in [0.15, 0.2) is 0 Å². The highest BCUT2D eigenvalue weighted by Gasteiger charge is 2.29. The Labute approximate surface area is 167 Å². The Kier molecular flexibility index (Phi) is 6.79. The van der Waals surface area contributed by atoms with Gasteiger partial charge in [-0.3, -0.25) is 9.59 Å². The molecule has 0 aliphatic carbocycles. The van der Waals surface area contributed by atoms with E-state index in [9.17, 15) is 9.59 Å². The predicted molar refractivity (Wildman–Crippen MR) is 107 cm³/mol. The number of nitrogens with one attached hydrogen (secondary N) is 1. The lowest BCUT2D eigenvalue weighted by atomic mass is 9.96. The number of halogens is 1. The number of hydrogen-bond donors (Lipinski definition) is 1. The van der Waals surface area contributed by atoms with Gasteiger partial charge < -0.3 is 10.2 Å². The second kappa shape index (κ2) is 9.28. The summed E-state index contributed by atoms with van der Waals surface area (Å²) in [6.45, 7) is 3.20. The standard InChI is InChI=1S/C19H23ClN4O2S/c1-2-3-6-16-22-23-19(27-16)21-17(25)14-5-4-11-24(12-14)18(26)13-7-9-15(20)10-8-13/h7-10,14H,2-6,11-12H2,1H3,(H,21,23,25). The van der Waals surface area contributed by atoms with Crippen molar-refractivity contribution < 1.29 is 9.59 Å². The monoisotopic (exact) mass is 406 g/mol. The molecule has 2 heterocycles. The lowest BCUT2D eigenvalue weighted by molar-refractivity contribution is -0.121. The molecule has 0 saturated carbocycles. The summed E-state index contributed by atoms with van der Waals surface area (Å²) in [5.74, 6) is -0.401. The average Bonchev–Trinajstić information content (AvgIpc) is 3.13. The fourth-order valence-corrected chi connectivity index (χ4v) is 4.00. The van der Waals surface area contributed by atoms with Crippen molar-refractivity contribution in [1.82, 2.24) is 15.1 Å². The van der Waals surface area contributed by atoms with Crippen LogP contribution in [0.4, 0.5) is 5.13 Å². The Morgan fingerprint density at radius 2 is 2.07 bits per heavy atom. The van der Waals surface area contributed by atoms with Gasteiger partial charge in [0.2, 0.25) is 11.0 Å². The molecule has 2 aromatic rings. The Morgan fingerprint density at radius 1 is 1.30 bits per heavy atom. The Bertz CT molecular complexity index is 793. The number of benzene rings is 1. The number of hydrogen-bond acceptors (Lipinski definition) is 5. The topological polar surface area (TPSA) is 75.2 Å². The zero-order chi connectivity index (χ0) is 19.2. The molecule has 1 unspecified atom stereocenters. The zero-order valence-electron chi connectivity index (χ0n) is 15.3. The van der Waals surface area contributed by atoms with Gasteiger partial charge in [-0.25, -0.2) is 0 Å². The molecule has 1 aliphatic rings. The number of carbonyl (C=O) groups excluding carboxylic acids is 2. The first-order valence-electron chi connectivity index (χ1n) is 9.25. The van der Waals surface area contributed by atoms with Crippen LogP contribution in [0.1, 0.15) is 48.0 Å². The lowest BCUT2D eigenvalue weighted by Crippen LogP contribution is -2.43. The summed E-state index contributed by atoms with van der Waals surface area (Å²) in [6, 6.07) is 6.84. The second-order valence-corrected chi connectivity index (χ2v) is 8.19. The fourth-order valence-electron chi connectivity index (χ4n) is 3.09. The molecule has 0 bridgehead atoms. The van der Waals surface area contributed by atoms with Crippen molar-refractivity contribution in [3.8, 4) is 0 Å². The molecular formula is C19H23ClN4O2S. The van der Waals surface area contributed by atoms with E-state index < -0.39 is 0 Å². The quantitative estimate of drug-likeness (QED) is 0.785. The van der Waals surface area contributed by atoms with Crippen LogP contribution in [0.2, 0.25) is 5.02 Å². The minimum absolute atomic E-state index is 0.0677. The molecule has 0 radical (unpaired) electrons. The minimum Gasteiger partial charge on any atom is -0.338 e. The molecule has 1 atom stereocenters. The van der Waals surface area contributed by atoms with E-state index in [1.165, 1.54) is 11.3 Å². The number of unbranched alkanes of at least 4 members (excludes halogenated alkanes) is 1. The summed E-state index contributed by atoms with van der Waals surface area (Å²) in [5, 5.41) is 13.1. The van der Waals surface area contributed by atoms with Crippen LogP contribution in [0.25, 0.3) is 0 Å². The van der Waals surface area contributed by atoms with Crippen molar-refractivity contribution in [2.75, 3.05) is 18.4 Å². The number of rotatable bonds is 6. The molecule has 0 spiro atoms. The molecule has 144 valence electrons. The maximum absolute atomic E-state index is 12.7. The summed E-state index contributed by atoms with van der Waals surface area (Å²) in [7, 11) is 0. The highest BCUT2D eigenvalue weighted by Crippen LogP contribution is 2.23. The van der Waals surface area contributed by atoms with Gasteiger partial charge in [0.05, 0.1) is 5.92 Å². The van der Waals surface area contributed by atoms with Gasteiger partial charge in [0.25, 0.3) is 5.91 Å². The summed E-state index contributed by atoms with van der Waals surface area (Å²) in [4.78, 5) is 27.0. The van der Waals surface area contributed by atoms with E-state index in [1.54, 1.807) is 29.2 Å². The van der Waals surface area contributed by atoms with Crippen LogP contribution in [0.5, 0.6) is 0 Å². The molecule has 1 saturated heterocycles. The van der Waals surface area contributed by atoms with E-state index in [0.717, 1.165) is 37.1 Å². The zero-order valence-corrected chi connectivity index (χ0v) is 16.9. The molecule has 27 heavy (non-hydrogen) atoms. The van der Waals surface area contributed by atoms with E-state index in [-0.39, 0.29) is 17.7 Å². The van der Waals surface area contributed by atoms with E-state index in [4.69, 9.17) is 11.6 Å². The van der Waals surface area contributed by atoms with Crippen molar-refractivity contribution in [2.24, 2.45) is 5.92 Å². The number of anilines is 1. The van der Waals surface area contributed by atoms with E-state index in [1.807, 2.05) is 0 Å². The summed E-state index contributed by atoms with van der Waals surface area (Å²) >= 11 is 7.31. The van der Waals surface area contributed by atoms with Gasteiger partial charge in [-0.15, -0.1) is 10.2 Å². The van der Waals surface area contributed by atoms with Crippen LogP contribution < -0.4 is 5.32 Å².